The van der Waals surface area contributed by atoms with E-state index in [0.29, 0.717) is 23.7 Å². The number of nitrogens with one attached hydrogen (secondary N) is 1. The number of aliphatic carboxylic acids is 1. The molecule has 0 saturated carbocycles. The topological polar surface area (TPSA) is 104 Å². The predicted molar refractivity (Wildman–Crippen MR) is 74.1 cm³/mol. The van der Waals surface area contributed by atoms with Gasteiger partial charge in [-0.15, -0.1) is 0 Å². The van der Waals surface area contributed by atoms with Gasteiger partial charge in [-0.3, -0.25) is 4.79 Å². The Bertz CT molecular complexity index is 504. The molecule has 0 saturated heterocycles. The van der Waals surface area contributed by atoms with Crippen LogP contribution in [-0.4, -0.2) is 38.7 Å². The molecule has 7 heteroatoms. The normalized spacial score (nSPS) is 11.6. The SMILES string of the molecule is CC[NH2+][C@H](CC(=O)Nc1ccc(OC)cc1OC)C(=O)[O-]. The van der Waals surface area contributed by atoms with Crippen molar-refractivity contribution in [2.24, 2.45) is 0 Å². The lowest BCUT2D eigenvalue weighted by atomic mass is 10.2. The van der Waals surface area contributed by atoms with Crippen molar-refractivity contribution in [2.45, 2.75) is 19.4 Å². The van der Waals surface area contributed by atoms with E-state index < -0.39 is 17.9 Å². The molecule has 0 fully saturated rings. The number of benzene rings is 1. The number of carbonyl (C=O) groups excluding carboxylic acids is 2. The largest absolute Gasteiger partial charge is 0.544 e. The van der Waals surface area contributed by atoms with E-state index in [2.05, 4.69) is 5.32 Å². The second kappa shape index (κ2) is 8.11. The van der Waals surface area contributed by atoms with Crippen LogP contribution in [0.15, 0.2) is 18.2 Å². The Morgan fingerprint density at radius 1 is 1.33 bits per heavy atom. The van der Waals surface area contributed by atoms with Crippen molar-refractivity contribution in [3.8, 4) is 11.5 Å². The van der Waals surface area contributed by atoms with E-state index >= 15 is 0 Å². The first-order valence-electron chi connectivity index (χ1n) is 6.57. The number of nitrogens with two attached hydrogens (primary N) is 1. The molecule has 0 aliphatic rings. The Kier molecular flexibility index (Phi) is 6.48. The number of amides is 1. The first kappa shape index (κ1) is 16.8. The molecule has 0 radical (unpaired) electrons. The molecule has 7 nitrogen and oxygen atoms in total. The molecule has 0 aliphatic heterocycles. The molecule has 1 amide bonds. The summed E-state index contributed by atoms with van der Waals surface area (Å²) in [5, 5.41) is 15.1. The minimum absolute atomic E-state index is 0.175. The van der Waals surface area contributed by atoms with Crippen LogP contribution in [0.25, 0.3) is 0 Å². The summed E-state index contributed by atoms with van der Waals surface area (Å²) in [6.07, 6.45) is -0.175. The van der Waals surface area contributed by atoms with E-state index in [-0.39, 0.29) is 6.42 Å². The van der Waals surface area contributed by atoms with Crippen molar-refractivity contribution >= 4 is 17.6 Å². The van der Waals surface area contributed by atoms with Gasteiger partial charge in [-0.2, -0.15) is 0 Å². The fourth-order valence-corrected chi connectivity index (χ4v) is 1.85. The van der Waals surface area contributed by atoms with Gasteiger partial charge < -0.3 is 30.0 Å². The lowest BCUT2D eigenvalue weighted by Crippen LogP contribution is -2.93. The summed E-state index contributed by atoms with van der Waals surface area (Å²) in [5.41, 5.74) is 0.455. The van der Waals surface area contributed by atoms with Crippen LogP contribution in [-0.2, 0) is 9.59 Å². The third-order valence-electron chi connectivity index (χ3n) is 2.91. The molecule has 3 N–H and O–H groups in total. The highest BCUT2D eigenvalue weighted by Gasteiger charge is 2.18. The van der Waals surface area contributed by atoms with Crippen LogP contribution < -0.4 is 25.2 Å². The summed E-state index contributed by atoms with van der Waals surface area (Å²) in [6.45, 7) is 2.36. The summed E-state index contributed by atoms with van der Waals surface area (Å²) in [4.78, 5) is 22.8. The minimum atomic E-state index is -1.26. The van der Waals surface area contributed by atoms with Gasteiger partial charge in [0.1, 0.15) is 17.5 Å². The van der Waals surface area contributed by atoms with Crippen LogP contribution in [0.1, 0.15) is 13.3 Å². The van der Waals surface area contributed by atoms with E-state index in [1.165, 1.54) is 14.2 Å². The molecule has 21 heavy (non-hydrogen) atoms. The molecule has 1 atom stereocenters. The van der Waals surface area contributed by atoms with Gasteiger partial charge in [-0.1, -0.05) is 0 Å². The first-order chi connectivity index (χ1) is 10.0. The molecular formula is C14H20N2O5. The first-order valence-corrected chi connectivity index (χ1v) is 6.57. The van der Waals surface area contributed by atoms with Crippen LogP contribution in [0.2, 0.25) is 0 Å². The number of ether oxygens (including phenoxy) is 2. The standard InChI is InChI=1S/C14H20N2O5/c1-4-15-11(14(18)19)8-13(17)16-10-6-5-9(20-2)7-12(10)21-3/h5-7,11,15H,4,8H2,1-3H3,(H,16,17)(H,18,19)/t11-/m1/s1. The predicted octanol–water partition coefficient (Wildman–Crippen LogP) is -1.27. The van der Waals surface area contributed by atoms with E-state index in [1.807, 2.05) is 0 Å². The van der Waals surface area contributed by atoms with Gasteiger partial charge in [0.15, 0.2) is 0 Å². The van der Waals surface area contributed by atoms with Gasteiger partial charge in [0.25, 0.3) is 0 Å². The van der Waals surface area contributed by atoms with Crippen LogP contribution in [0, 0.1) is 0 Å². The van der Waals surface area contributed by atoms with E-state index in [9.17, 15) is 14.7 Å². The quantitative estimate of drug-likeness (QED) is 0.623. The lowest BCUT2D eigenvalue weighted by Gasteiger charge is -2.16. The van der Waals surface area contributed by atoms with Gasteiger partial charge >= 0.3 is 0 Å². The lowest BCUT2D eigenvalue weighted by molar-refractivity contribution is -0.679. The zero-order valence-corrected chi connectivity index (χ0v) is 12.3. The van der Waals surface area contributed by atoms with E-state index in [1.54, 1.807) is 30.4 Å². The fraction of sp³-hybridized carbons (Fsp3) is 0.429. The van der Waals surface area contributed by atoms with Gasteiger partial charge in [0.05, 0.1) is 38.8 Å². The highest BCUT2D eigenvalue weighted by atomic mass is 16.5. The molecule has 0 aromatic heterocycles. The molecule has 0 heterocycles. The third kappa shape index (κ3) is 4.96. The number of carboxylic acid groups (broad SMARTS) is 1. The highest BCUT2D eigenvalue weighted by molar-refractivity contribution is 5.94. The smallest absolute Gasteiger partial charge is 0.230 e. The Morgan fingerprint density at radius 2 is 2.05 bits per heavy atom. The molecular weight excluding hydrogens is 276 g/mol. The number of carbonyl (C=O) groups is 2. The molecule has 1 aromatic rings. The zero-order valence-electron chi connectivity index (χ0n) is 12.3. The van der Waals surface area contributed by atoms with Crippen molar-refractivity contribution in [1.29, 1.82) is 0 Å². The Labute approximate surface area is 123 Å². The van der Waals surface area contributed by atoms with Gasteiger partial charge in [0.2, 0.25) is 5.91 Å². The minimum Gasteiger partial charge on any atom is -0.544 e. The molecule has 0 bridgehead atoms. The van der Waals surface area contributed by atoms with Gasteiger partial charge in [-0.05, 0) is 19.1 Å². The van der Waals surface area contributed by atoms with Crippen molar-refractivity contribution in [2.75, 3.05) is 26.1 Å². The Balaban J connectivity index is 2.76. The molecule has 116 valence electrons. The van der Waals surface area contributed by atoms with Crippen LogP contribution in [0.5, 0.6) is 11.5 Å². The number of rotatable bonds is 8. The highest BCUT2D eigenvalue weighted by Crippen LogP contribution is 2.29. The van der Waals surface area contributed by atoms with Crippen molar-refractivity contribution in [3.05, 3.63) is 18.2 Å². The maximum absolute atomic E-state index is 11.9. The monoisotopic (exact) mass is 296 g/mol. The second-order valence-corrected chi connectivity index (χ2v) is 4.39. The maximum atomic E-state index is 11.9. The average Bonchev–Trinajstić information content (AvgIpc) is 2.47. The van der Waals surface area contributed by atoms with Gasteiger partial charge in [-0.25, -0.2) is 0 Å². The average molecular weight is 296 g/mol. The summed E-state index contributed by atoms with van der Waals surface area (Å²) in [5.74, 6) is -0.644. The number of quaternary nitrogens is 1. The molecule has 1 aromatic carbocycles. The molecule has 0 unspecified atom stereocenters. The van der Waals surface area contributed by atoms with Crippen LogP contribution in [0.4, 0.5) is 5.69 Å². The summed E-state index contributed by atoms with van der Waals surface area (Å²) in [7, 11) is 3.00. The number of hydrogen-bond acceptors (Lipinski definition) is 5. The van der Waals surface area contributed by atoms with Crippen molar-refractivity contribution < 1.29 is 29.5 Å². The number of carboxylic acids is 1. The molecule has 0 spiro atoms. The number of likely N-dealkylation sites (N-methyl/N-ethyl adjacent to an activating group) is 1. The molecule has 0 aliphatic carbocycles. The van der Waals surface area contributed by atoms with E-state index in [0.717, 1.165) is 0 Å². The number of methoxy groups -OCH3 is 2. The number of anilines is 1. The van der Waals surface area contributed by atoms with Gasteiger partial charge in [0, 0.05) is 6.07 Å². The summed E-state index contributed by atoms with van der Waals surface area (Å²) in [6, 6.07) is 4.03. The zero-order chi connectivity index (χ0) is 15.8. The summed E-state index contributed by atoms with van der Waals surface area (Å²) < 4.78 is 10.2. The van der Waals surface area contributed by atoms with E-state index in [4.69, 9.17) is 9.47 Å². The van der Waals surface area contributed by atoms with Crippen molar-refractivity contribution in [3.63, 3.8) is 0 Å². The third-order valence-corrected chi connectivity index (χ3v) is 2.91. The maximum Gasteiger partial charge on any atom is 0.230 e. The van der Waals surface area contributed by atoms with Crippen molar-refractivity contribution in [1.82, 2.24) is 0 Å². The second-order valence-electron chi connectivity index (χ2n) is 4.39. The van der Waals surface area contributed by atoms with Crippen LogP contribution >= 0.6 is 0 Å². The number of hydrogen-bond donors (Lipinski definition) is 2. The summed E-state index contributed by atoms with van der Waals surface area (Å²) >= 11 is 0. The fourth-order valence-electron chi connectivity index (χ4n) is 1.85. The Hall–Kier alpha value is -2.28. The molecule has 1 rings (SSSR count). The Morgan fingerprint density at radius 3 is 2.57 bits per heavy atom. The van der Waals surface area contributed by atoms with Crippen LogP contribution in [0.3, 0.4) is 0 Å².